The van der Waals surface area contributed by atoms with Crippen molar-refractivity contribution >= 4 is 29.0 Å². The number of halogens is 1. The number of carbonyl (C=O) groups excluding carboxylic acids is 1. The Morgan fingerprint density at radius 3 is 2.37 bits per heavy atom. The highest BCUT2D eigenvalue weighted by atomic mass is 19.1. The largest absolute Gasteiger partial charge is 0.493 e. The monoisotopic (exact) mass is 519 g/mol. The summed E-state index contributed by atoms with van der Waals surface area (Å²) in [5.41, 5.74) is 2.26. The molecule has 1 amide bonds. The number of nitrogens with zero attached hydrogens (tertiary/aromatic N) is 7. The molecule has 0 spiro atoms. The van der Waals surface area contributed by atoms with E-state index in [1.165, 1.54) is 36.3 Å². The third-order valence-electron chi connectivity index (χ3n) is 6.27. The van der Waals surface area contributed by atoms with Crippen LogP contribution in [0.3, 0.4) is 0 Å². The highest BCUT2D eigenvalue weighted by molar-refractivity contribution is 5.92. The summed E-state index contributed by atoms with van der Waals surface area (Å²) in [5.74, 6) is 1.65. The third-order valence-corrected chi connectivity index (χ3v) is 6.27. The second kappa shape index (κ2) is 10.7. The van der Waals surface area contributed by atoms with Crippen LogP contribution in [0.1, 0.15) is 5.56 Å². The summed E-state index contributed by atoms with van der Waals surface area (Å²) in [5, 5.41) is 8.43. The number of rotatable bonds is 7. The van der Waals surface area contributed by atoms with Gasteiger partial charge in [-0.25, -0.2) is 14.4 Å². The van der Waals surface area contributed by atoms with E-state index >= 15 is 0 Å². The summed E-state index contributed by atoms with van der Waals surface area (Å²) in [6.45, 7) is 2.12. The van der Waals surface area contributed by atoms with Crippen LogP contribution in [-0.4, -0.2) is 83.3 Å². The SMILES string of the molecule is COc1cc(/C=C\C(=O)N2CCN(c3ncnc4c3nnn4-c3cccc(F)c3)CC2)cc(OC)c1OC. The molecule has 0 unspecified atom stereocenters. The smallest absolute Gasteiger partial charge is 0.246 e. The van der Waals surface area contributed by atoms with Crippen molar-refractivity contribution in [3.8, 4) is 22.9 Å². The maximum Gasteiger partial charge on any atom is 0.246 e. The van der Waals surface area contributed by atoms with Gasteiger partial charge in [-0.15, -0.1) is 5.10 Å². The van der Waals surface area contributed by atoms with Crippen molar-refractivity contribution < 1.29 is 23.4 Å². The fourth-order valence-corrected chi connectivity index (χ4v) is 4.36. The highest BCUT2D eigenvalue weighted by Gasteiger charge is 2.24. The molecule has 5 rings (SSSR count). The minimum atomic E-state index is -0.375. The van der Waals surface area contributed by atoms with Crippen molar-refractivity contribution in [3.05, 3.63) is 60.2 Å². The third kappa shape index (κ3) is 4.80. The molecule has 0 radical (unpaired) electrons. The Morgan fingerprint density at radius 2 is 1.71 bits per heavy atom. The summed E-state index contributed by atoms with van der Waals surface area (Å²) in [6, 6.07) is 9.62. The molecule has 0 aliphatic carbocycles. The van der Waals surface area contributed by atoms with E-state index in [4.69, 9.17) is 14.2 Å². The Morgan fingerprint density at radius 1 is 0.974 bits per heavy atom. The van der Waals surface area contributed by atoms with Gasteiger partial charge in [-0.3, -0.25) is 4.79 Å². The van der Waals surface area contributed by atoms with Gasteiger partial charge in [-0.1, -0.05) is 11.3 Å². The van der Waals surface area contributed by atoms with E-state index in [0.29, 0.717) is 66.1 Å². The van der Waals surface area contributed by atoms with Crippen molar-refractivity contribution in [1.82, 2.24) is 29.9 Å². The molecule has 38 heavy (non-hydrogen) atoms. The van der Waals surface area contributed by atoms with E-state index in [-0.39, 0.29) is 11.7 Å². The lowest BCUT2D eigenvalue weighted by Crippen LogP contribution is -2.48. The zero-order chi connectivity index (χ0) is 26.6. The second-order valence-electron chi connectivity index (χ2n) is 8.45. The Bertz CT molecular complexity index is 1470. The Balaban J connectivity index is 1.28. The molecule has 196 valence electrons. The van der Waals surface area contributed by atoms with Crippen LogP contribution in [0, 0.1) is 5.82 Å². The average Bonchev–Trinajstić information content (AvgIpc) is 3.40. The van der Waals surface area contributed by atoms with Crippen LogP contribution in [0.15, 0.2) is 48.8 Å². The molecule has 1 saturated heterocycles. The number of hydrogen-bond donors (Lipinski definition) is 0. The molecule has 3 heterocycles. The van der Waals surface area contributed by atoms with Gasteiger partial charge in [-0.05, 0) is 42.0 Å². The molecule has 12 heteroatoms. The minimum Gasteiger partial charge on any atom is -0.493 e. The number of piperazine rings is 1. The van der Waals surface area contributed by atoms with E-state index in [1.54, 1.807) is 49.5 Å². The normalized spacial score (nSPS) is 13.8. The molecule has 0 N–H and O–H groups in total. The minimum absolute atomic E-state index is 0.108. The standard InChI is InChI=1S/C26H26FN7O4/c1-36-20-13-17(14-21(37-2)24(20)38-3)7-8-22(35)32-9-11-33(12-10-32)25-23-26(29-16-28-25)34(31-30-23)19-6-4-5-18(27)15-19/h4-8,13-16H,9-12H2,1-3H3/b8-7-. The van der Waals surface area contributed by atoms with Crippen molar-refractivity contribution in [1.29, 1.82) is 0 Å². The van der Waals surface area contributed by atoms with Crippen LogP contribution in [0.4, 0.5) is 10.2 Å². The van der Waals surface area contributed by atoms with E-state index in [2.05, 4.69) is 20.3 Å². The first kappa shape index (κ1) is 24.9. The van der Waals surface area contributed by atoms with Crippen LogP contribution in [-0.2, 0) is 4.79 Å². The predicted octanol–water partition coefficient (Wildman–Crippen LogP) is 2.74. The number of fused-ring (bicyclic) bond motifs is 1. The fraction of sp³-hybridized carbons (Fsp3) is 0.269. The number of hydrogen-bond acceptors (Lipinski definition) is 9. The summed E-state index contributed by atoms with van der Waals surface area (Å²) >= 11 is 0. The molecule has 2 aromatic heterocycles. The first-order chi connectivity index (χ1) is 18.5. The average molecular weight is 520 g/mol. The van der Waals surface area contributed by atoms with E-state index < -0.39 is 0 Å². The maximum absolute atomic E-state index is 13.7. The Labute approximate surface area is 218 Å². The zero-order valence-corrected chi connectivity index (χ0v) is 21.2. The van der Waals surface area contributed by atoms with Gasteiger partial charge in [-0.2, -0.15) is 4.68 Å². The van der Waals surface area contributed by atoms with E-state index in [1.807, 2.05) is 4.90 Å². The molecule has 1 aliphatic heterocycles. The first-order valence-corrected chi connectivity index (χ1v) is 11.9. The van der Waals surface area contributed by atoms with Gasteiger partial charge in [0.25, 0.3) is 0 Å². The van der Waals surface area contributed by atoms with E-state index in [0.717, 1.165) is 5.56 Å². The van der Waals surface area contributed by atoms with E-state index in [9.17, 15) is 9.18 Å². The molecule has 2 aromatic carbocycles. The van der Waals surface area contributed by atoms with Crippen molar-refractivity contribution in [2.24, 2.45) is 0 Å². The number of anilines is 1. The Hall–Kier alpha value is -4.74. The molecule has 0 saturated carbocycles. The van der Waals surface area contributed by atoms with Gasteiger partial charge in [0.2, 0.25) is 11.7 Å². The molecule has 11 nitrogen and oxygen atoms in total. The first-order valence-electron chi connectivity index (χ1n) is 11.9. The molecule has 1 aliphatic rings. The van der Waals surface area contributed by atoms with Crippen molar-refractivity contribution in [3.63, 3.8) is 0 Å². The lowest BCUT2D eigenvalue weighted by Gasteiger charge is -2.34. The van der Waals surface area contributed by atoms with Crippen LogP contribution >= 0.6 is 0 Å². The number of benzene rings is 2. The van der Waals surface area contributed by atoms with Crippen molar-refractivity contribution in [2.45, 2.75) is 0 Å². The van der Waals surface area contributed by atoms with Gasteiger partial charge in [0.05, 0.1) is 27.0 Å². The molecular weight excluding hydrogens is 493 g/mol. The molecule has 4 aromatic rings. The number of amides is 1. The molecule has 0 atom stereocenters. The van der Waals surface area contributed by atoms with Crippen molar-refractivity contribution in [2.75, 3.05) is 52.4 Å². The summed E-state index contributed by atoms with van der Waals surface area (Å²) in [6.07, 6.45) is 4.69. The van der Waals surface area contributed by atoms with Gasteiger partial charge < -0.3 is 24.0 Å². The lowest BCUT2D eigenvalue weighted by molar-refractivity contribution is -0.126. The summed E-state index contributed by atoms with van der Waals surface area (Å²) in [7, 11) is 4.63. The molecule has 1 fully saturated rings. The van der Waals surface area contributed by atoms with Crippen LogP contribution in [0.2, 0.25) is 0 Å². The second-order valence-corrected chi connectivity index (χ2v) is 8.45. The van der Waals surface area contributed by atoms with Gasteiger partial charge in [0.1, 0.15) is 12.1 Å². The number of carbonyl (C=O) groups is 1. The maximum atomic E-state index is 13.7. The summed E-state index contributed by atoms with van der Waals surface area (Å²) < 4.78 is 31.3. The topological polar surface area (TPSA) is 108 Å². The highest BCUT2D eigenvalue weighted by Crippen LogP contribution is 2.38. The predicted molar refractivity (Wildman–Crippen MR) is 138 cm³/mol. The zero-order valence-electron chi connectivity index (χ0n) is 21.2. The van der Waals surface area contributed by atoms with Crippen LogP contribution in [0.25, 0.3) is 22.9 Å². The molecule has 0 bridgehead atoms. The van der Waals surface area contributed by atoms with Crippen LogP contribution in [0.5, 0.6) is 17.2 Å². The summed E-state index contributed by atoms with van der Waals surface area (Å²) in [4.78, 5) is 25.4. The lowest BCUT2D eigenvalue weighted by atomic mass is 10.1. The number of aromatic nitrogens is 5. The van der Waals surface area contributed by atoms with Gasteiger partial charge in [0.15, 0.2) is 28.5 Å². The van der Waals surface area contributed by atoms with Crippen LogP contribution < -0.4 is 19.1 Å². The number of ether oxygens (including phenoxy) is 3. The quantitative estimate of drug-likeness (QED) is 0.341. The van der Waals surface area contributed by atoms with Gasteiger partial charge >= 0.3 is 0 Å². The molecular formula is C26H26FN7O4. The van der Waals surface area contributed by atoms with Gasteiger partial charge in [0, 0.05) is 32.3 Å². The fourth-order valence-electron chi connectivity index (χ4n) is 4.36. The number of methoxy groups -OCH3 is 3. The Kier molecular flexibility index (Phi) is 7.03.